The minimum atomic E-state index is -0.686. The molecule has 0 unspecified atom stereocenters. The number of hydrogen-bond acceptors (Lipinski definition) is 10. The number of benzene rings is 2. The van der Waals surface area contributed by atoms with Gasteiger partial charge in [0.15, 0.2) is 0 Å². The Hall–Kier alpha value is -3.84. The van der Waals surface area contributed by atoms with Gasteiger partial charge in [-0.15, -0.1) is 0 Å². The van der Waals surface area contributed by atoms with Crippen LogP contribution in [0.25, 0.3) is 10.9 Å². The van der Waals surface area contributed by atoms with Crippen LogP contribution in [0.15, 0.2) is 48.8 Å². The fourth-order valence-electron chi connectivity index (χ4n) is 4.85. The van der Waals surface area contributed by atoms with Crippen molar-refractivity contribution in [3.05, 3.63) is 59.7 Å². The molecule has 2 aromatic carbocycles. The van der Waals surface area contributed by atoms with E-state index >= 15 is 0 Å². The summed E-state index contributed by atoms with van der Waals surface area (Å²) in [5.41, 5.74) is 0.851. The van der Waals surface area contributed by atoms with Gasteiger partial charge in [0.2, 0.25) is 5.91 Å². The highest BCUT2D eigenvalue weighted by Crippen LogP contribution is 2.34. The molecule has 248 valence electrons. The van der Waals surface area contributed by atoms with Gasteiger partial charge in [0.05, 0.1) is 35.5 Å². The molecule has 1 amide bonds. The second kappa shape index (κ2) is 16.1. The summed E-state index contributed by atoms with van der Waals surface area (Å²) in [6, 6.07) is 7.70. The number of aliphatic hydroxyl groups excluding tert-OH is 1. The van der Waals surface area contributed by atoms with Gasteiger partial charge in [0.1, 0.15) is 29.3 Å². The van der Waals surface area contributed by atoms with E-state index < -0.39 is 29.4 Å². The fraction of sp³-hybridized carbons (Fsp3) is 0.455. The Balaban J connectivity index is 1.55. The number of ether oxygens (including phenoxy) is 3. The zero-order valence-corrected chi connectivity index (χ0v) is 27.3. The van der Waals surface area contributed by atoms with E-state index in [9.17, 15) is 19.1 Å². The number of fused-ring (bicyclic) bond motifs is 1. The second-order valence-electron chi connectivity index (χ2n) is 12.2. The molecular weight excluding hydrogens is 617 g/mol. The summed E-state index contributed by atoms with van der Waals surface area (Å²) >= 11 is 5.97. The van der Waals surface area contributed by atoms with Crippen LogP contribution < -0.4 is 15.4 Å². The van der Waals surface area contributed by atoms with Crippen LogP contribution in [0.1, 0.15) is 40.5 Å². The van der Waals surface area contributed by atoms with Crippen molar-refractivity contribution in [2.45, 2.75) is 52.2 Å². The van der Waals surface area contributed by atoms with E-state index in [2.05, 4.69) is 20.6 Å². The molecule has 0 bridgehead atoms. The van der Waals surface area contributed by atoms with Crippen LogP contribution in [0.3, 0.4) is 0 Å². The Morgan fingerprint density at radius 3 is 2.67 bits per heavy atom. The second-order valence-corrected chi connectivity index (χ2v) is 12.6. The van der Waals surface area contributed by atoms with Crippen molar-refractivity contribution in [1.29, 1.82) is 0 Å². The van der Waals surface area contributed by atoms with Crippen LogP contribution in [0.2, 0.25) is 5.02 Å². The number of carbonyl (C=O) groups excluding carboxylic acids is 2. The highest BCUT2D eigenvalue weighted by Gasteiger charge is 2.20. The fourth-order valence-corrected chi connectivity index (χ4v) is 5.03. The van der Waals surface area contributed by atoms with E-state index in [1.54, 1.807) is 50.8 Å². The number of nitrogens with one attached hydrogen (secondary N) is 2. The molecule has 0 radical (unpaired) electrons. The van der Waals surface area contributed by atoms with Gasteiger partial charge in [-0.25, -0.2) is 14.4 Å². The highest BCUT2D eigenvalue weighted by atomic mass is 35.5. The number of aliphatic hydroxyl groups is 1. The minimum Gasteiger partial charge on any atom is -0.491 e. The van der Waals surface area contributed by atoms with Gasteiger partial charge in [-0.3, -0.25) is 14.5 Å². The van der Waals surface area contributed by atoms with Crippen LogP contribution in [0, 0.1) is 11.7 Å². The quantitative estimate of drug-likeness (QED) is 0.160. The van der Waals surface area contributed by atoms with Crippen molar-refractivity contribution in [3.8, 4) is 5.75 Å². The van der Waals surface area contributed by atoms with Crippen molar-refractivity contribution in [1.82, 2.24) is 14.9 Å². The number of nitrogens with zero attached hydrogens (tertiary/aromatic N) is 3. The smallest absolute Gasteiger partial charge is 0.320 e. The first-order valence-corrected chi connectivity index (χ1v) is 15.5. The number of aromatic nitrogens is 2. The average Bonchev–Trinajstić information content (AvgIpc) is 2.97. The standard InChI is InChI=1S/C33H41ClFN5O6/c1-21(41)17-40(18-31(43)46-33(2,3)4)11-5-6-30(42)39-28-15-24-27(16-29(28)45-19-22-9-12-44-13-10-22)36-20-37-32(24)38-23-7-8-26(35)25(34)14-23/h5-8,14-16,20-22,41H,9-13,17-19H2,1-4H3,(H,39,42)(H,36,37,38)/t21-/m0/s1. The molecule has 13 heteroatoms. The molecule has 1 aliphatic rings. The molecular formula is C33H41ClFN5O6. The van der Waals surface area contributed by atoms with Crippen molar-refractivity contribution in [3.63, 3.8) is 0 Å². The first-order chi connectivity index (χ1) is 21.9. The van der Waals surface area contributed by atoms with Gasteiger partial charge in [-0.1, -0.05) is 17.7 Å². The highest BCUT2D eigenvalue weighted by molar-refractivity contribution is 6.31. The number of anilines is 3. The van der Waals surface area contributed by atoms with Gasteiger partial charge in [0.25, 0.3) is 0 Å². The third-order valence-electron chi connectivity index (χ3n) is 6.92. The van der Waals surface area contributed by atoms with Gasteiger partial charge >= 0.3 is 5.97 Å². The molecule has 1 aliphatic heterocycles. The Labute approximate surface area is 273 Å². The van der Waals surface area contributed by atoms with Crippen molar-refractivity contribution < 1.29 is 33.3 Å². The molecule has 11 nitrogen and oxygen atoms in total. The minimum absolute atomic E-state index is 0.0370. The number of rotatable bonds is 13. The molecule has 46 heavy (non-hydrogen) atoms. The normalized spacial score (nSPS) is 14.9. The van der Waals surface area contributed by atoms with E-state index in [0.29, 0.717) is 59.6 Å². The maximum absolute atomic E-state index is 13.7. The predicted octanol–water partition coefficient (Wildman–Crippen LogP) is 5.49. The van der Waals surface area contributed by atoms with Crippen molar-refractivity contribution in [2.24, 2.45) is 5.92 Å². The molecule has 1 fully saturated rings. The summed E-state index contributed by atoms with van der Waals surface area (Å²) < 4.78 is 30.8. The third-order valence-corrected chi connectivity index (χ3v) is 7.21. The molecule has 0 spiro atoms. The summed E-state index contributed by atoms with van der Waals surface area (Å²) in [6.07, 6.45) is 5.43. The SMILES string of the molecule is C[C@H](O)CN(CC=CC(=O)Nc1cc2c(Nc3ccc(F)c(Cl)c3)ncnc2cc1OCC1CCOCC1)CC(=O)OC(C)(C)C. The van der Waals surface area contributed by atoms with E-state index in [-0.39, 0.29) is 24.7 Å². The van der Waals surface area contributed by atoms with Gasteiger partial charge in [0, 0.05) is 49.5 Å². The van der Waals surface area contributed by atoms with Crippen LogP contribution in [0.4, 0.5) is 21.6 Å². The number of carbonyl (C=O) groups is 2. The first kappa shape index (κ1) is 35.0. The monoisotopic (exact) mass is 657 g/mol. The Bertz CT molecular complexity index is 1540. The number of halogens is 2. The average molecular weight is 658 g/mol. The van der Waals surface area contributed by atoms with Crippen LogP contribution in [-0.4, -0.2) is 83.0 Å². The Morgan fingerprint density at radius 2 is 1.98 bits per heavy atom. The van der Waals surface area contributed by atoms with Crippen LogP contribution >= 0.6 is 11.6 Å². The van der Waals surface area contributed by atoms with Gasteiger partial charge in [-0.05, 0) is 70.7 Å². The predicted molar refractivity (Wildman–Crippen MR) is 175 cm³/mol. The van der Waals surface area contributed by atoms with Crippen LogP contribution in [0.5, 0.6) is 5.75 Å². The van der Waals surface area contributed by atoms with E-state index in [0.717, 1.165) is 12.8 Å². The third kappa shape index (κ3) is 10.9. The number of amides is 1. The molecule has 0 aliphatic carbocycles. The van der Waals surface area contributed by atoms with Crippen LogP contribution in [-0.2, 0) is 19.1 Å². The van der Waals surface area contributed by atoms with Crippen molar-refractivity contribution >= 4 is 51.6 Å². The molecule has 1 aromatic heterocycles. The Morgan fingerprint density at radius 1 is 1.22 bits per heavy atom. The Kier molecular flexibility index (Phi) is 12.3. The lowest BCUT2D eigenvalue weighted by molar-refractivity contribution is -0.156. The lowest BCUT2D eigenvalue weighted by Gasteiger charge is -2.25. The largest absolute Gasteiger partial charge is 0.491 e. The zero-order valence-electron chi connectivity index (χ0n) is 26.5. The maximum Gasteiger partial charge on any atom is 0.320 e. The molecule has 0 saturated carbocycles. The zero-order chi connectivity index (χ0) is 33.3. The summed E-state index contributed by atoms with van der Waals surface area (Å²) in [5.74, 6) is -0.225. The topological polar surface area (TPSA) is 135 Å². The lowest BCUT2D eigenvalue weighted by Crippen LogP contribution is -2.38. The first-order valence-electron chi connectivity index (χ1n) is 15.2. The molecule has 1 atom stereocenters. The van der Waals surface area contributed by atoms with E-state index in [1.165, 1.54) is 30.6 Å². The van der Waals surface area contributed by atoms with E-state index in [1.807, 2.05) is 0 Å². The summed E-state index contributed by atoms with van der Waals surface area (Å²) in [6.45, 7) is 9.17. The number of hydrogen-bond donors (Lipinski definition) is 3. The van der Waals surface area contributed by atoms with E-state index in [4.69, 9.17) is 25.8 Å². The maximum atomic E-state index is 13.7. The molecule has 3 N–H and O–H groups in total. The number of esters is 1. The van der Waals surface area contributed by atoms with Gasteiger partial charge < -0.3 is 30.0 Å². The van der Waals surface area contributed by atoms with Crippen molar-refractivity contribution in [2.75, 3.05) is 50.1 Å². The molecule has 4 rings (SSSR count). The molecule has 2 heterocycles. The summed E-state index contributed by atoms with van der Waals surface area (Å²) in [5, 5.41) is 16.5. The molecule has 1 saturated heterocycles. The lowest BCUT2D eigenvalue weighted by atomic mass is 10.0. The molecule has 3 aromatic rings. The summed E-state index contributed by atoms with van der Waals surface area (Å²) in [4.78, 5) is 36.0. The van der Waals surface area contributed by atoms with Gasteiger partial charge in [-0.2, -0.15) is 0 Å². The summed E-state index contributed by atoms with van der Waals surface area (Å²) in [7, 11) is 0.